The van der Waals surface area contributed by atoms with Gasteiger partial charge in [0.2, 0.25) is 0 Å². The van der Waals surface area contributed by atoms with Crippen molar-refractivity contribution in [2.45, 2.75) is 98.3 Å². The van der Waals surface area contributed by atoms with Gasteiger partial charge in [-0.05, 0) is 83.2 Å². The molecule has 2 heteroatoms. The summed E-state index contributed by atoms with van der Waals surface area (Å²) in [6.45, 7) is 15.8. The maximum atomic E-state index is 6.63. The molecule has 0 aliphatic rings. The molecular weight excluding hydrogens is 352 g/mol. The molecule has 0 heterocycles. The predicted molar refractivity (Wildman–Crippen MR) is 130 cm³/mol. The van der Waals surface area contributed by atoms with E-state index in [1.807, 2.05) is 0 Å². The highest BCUT2D eigenvalue weighted by Gasteiger charge is 2.17. The van der Waals surface area contributed by atoms with E-state index in [0.717, 1.165) is 43.5 Å². The third-order valence-electron chi connectivity index (χ3n) is 6.88. The Morgan fingerprint density at radius 3 is 1.38 bits per heavy atom. The molecule has 2 aromatic carbocycles. The van der Waals surface area contributed by atoms with E-state index in [2.05, 4.69) is 72.7 Å². The topological polar surface area (TPSA) is 52.0 Å². The molecular formula is C27H42N2. The Morgan fingerprint density at radius 2 is 1.00 bits per heavy atom. The average Bonchev–Trinajstić information content (AvgIpc) is 2.73. The first-order valence-electron chi connectivity index (χ1n) is 11.6. The van der Waals surface area contributed by atoms with Crippen molar-refractivity contribution in [1.82, 2.24) is 0 Å². The molecule has 2 rings (SSSR count). The third kappa shape index (κ3) is 5.15. The maximum Gasteiger partial charge on any atom is 0.0384 e. The Hall–Kier alpha value is -1.96. The Bertz CT molecular complexity index is 791. The molecule has 0 aliphatic carbocycles. The van der Waals surface area contributed by atoms with Gasteiger partial charge < -0.3 is 11.5 Å². The molecule has 4 N–H and O–H groups in total. The van der Waals surface area contributed by atoms with E-state index < -0.39 is 0 Å². The van der Waals surface area contributed by atoms with E-state index in [1.165, 1.54) is 33.4 Å². The van der Waals surface area contributed by atoms with Gasteiger partial charge in [-0.1, -0.05) is 72.7 Å². The van der Waals surface area contributed by atoms with Crippen LogP contribution in [0.15, 0.2) is 24.3 Å². The number of benzene rings is 2. The maximum absolute atomic E-state index is 6.63. The van der Waals surface area contributed by atoms with Crippen LogP contribution in [0.1, 0.15) is 119 Å². The first-order valence-corrected chi connectivity index (χ1v) is 11.6. The number of aryl methyl sites for hydroxylation is 1. The largest absolute Gasteiger partial charge is 0.398 e. The molecule has 2 aromatic rings. The van der Waals surface area contributed by atoms with Crippen molar-refractivity contribution in [1.29, 1.82) is 0 Å². The van der Waals surface area contributed by atoms with Gasteiger partial charge in [0.05, 0.1) is 0 Å². The molecule has 0 saturated carbocycles. The van der Waals surface area contributed by atoms with Gasteiger partial charge in [-0.15, -0.1) is 0 Å². The lowest BCUT2D eigenvalue weighted by Gasteiger charge is -2.22. The fourth-order valence-corrected chi connectivity index (χ4v) is 4.18. The number of rotatable bonds is 9. The minimum absolute atomic E-state index is 0.478. The number of nitrogens with two attached hydrogens (primary N) is 2. The third-order valence-corrected chi connectivity index (χ3v) is 6.88. The number of hydrogen-bond donors (Lipinski definition) is 2. The van der Waals surface area contributed by atoms with Crippen LogP contribution in [0.3, 0.4) is 0 Å². The second-order valence-electron chi connectivity index (χ2n) is 8.90. The summed E-state index contributed by atoms with van der Waals surface area (Å²) in [6, 6.07) is 9.34. The lowest BCUT2D eigenvalue weighted by molar-refractivity contribution is 0.713. The molecule has 29 heavy (non-hydrogen) atoms. The van der Waals surface area contributed by atoms with E-state index >= 15 is 0 Å². The van der Waals surface area contributed by atoms with Crippen LogP contribution in [0.25, 0.3) is 0 Å². The number of anilines is 2. The fraction of sp³-hybridized carbons (Fsp3) is 0.556. The van der Waals surface area contributed by atoms with Crippen molar-refractivity contribution < 1.29 is 0 Å². The van der Waals surface area contributed by atoms with E-state index in [9.17, 15) is 0 Å². The molecule has 160 valence electrons. The highest BCUT2D eigenvalue weighted by Crippen LogP contribution is 2.36. The highest BCUT2D eigenvalue weighted by atomic mass is 14.6. The van der Waals surface area contributed by atoms with Gasteiger partial charge in [-0.2, -0.15) is 0 Å². The van der Waals surface area contributed by atoms with Gasteiger partial charge in [-0.3, -0.25) is 0 Å². The minimum Gasteiger partial charge on any atom is -0.398 e. The molecule has 0 aromatic heterocycles. The van der Waals surface area contributed by atoms with Crippen molar-refractivity contribution in [3.05, 3.63) is 57.6 Å². The van der Waals surface area contributed by atoms with Crippen LogP contribution in [-0.4, -0.2) is 0 Å². The summed E-state index contributed by atoms with van der Waals surface area (Å²) >= 11 is 0. The zero-order valence-electron chi connectivity index (χ0n) is 19.7. The molecule has 3 atom stereocenters. The van der Waals surface area contributed by atoms with Gasteiger partial charge >= 0.3 is 0 Å². The summed E-state index contributed by atoms with van der Waals surface area (Å²) in [5.74, 6) is 1.44. The molecule has 0 spiro atoms. The van der Waals surface area contributed by atoms with E-state index in [1.54, 1.807) is 0 Å². The fourth-order valence-electron chi connectivity index (χ4n) is 4.18. The average molecular weight is 395 g/mol. The second-order valence-corrected chi connectivity index (χ2v) is 8.90. The molecule has 0 aliphatic heterocycles. The summed E-state index contributed by atoms with van der Waals surface area (Å²) in [4.78, 5) is 0. The summed E-state index contributed by atoms with van der Waals surface area (Å²) in [6.07, 6.45) is 5.22. The Kier molecular flexibility index (Phi) is 8.19. The quantitative estimate of drug-likeness (QED) is 0.431. The zero-order valence-corrected chi connectivity index (χ0v) is 19.7. The first-order chi connectivity index (χ1) is 13.8. The standard InChI is InChI=1S/C27H42N2/c1-8-17(5)23-14-20(13-22(11-4)26(23)28)12-21-15-24(18(6)9-2)27(29)25(16-21)19(7)10-3/h13-19H,8-12,28-29H2,1-7H3. The lowest BCUT2D eigenvalue weighted by Crippen LogP contribution is -2.08. The normalized spacial score (nSPS) is 14.6. The van der Waals surface area contributed by atoms with Crippen molar-refractivity contribution >= 4 is 11.4 Å². The van der Waals surface area contributed by atoms with Crippen LogP contribution < -0.4 is 11.5 Å². The minimum atomic E-state index is 0.478. The molecule has 0 amide bonds. The van der Waals surface area contributed by atoms with Gasteiger partial charge in [0, 0.05) is 11.4 Å². The van der Waals surface area contributed by atoms with Crippen LogP contribution in [0.4, 0.5) is 11.4 Å². The molecule has 2 nitrogen and oxygen atoms in total. The SMILES string of the molecule is CCc1cc(Cc2cc(C(C)CC)c(N)c(C(C)CC)c2)cc(C(C)CC)c1N. The molecule has 3 unspecified atom stereocenters. The molecule has 0 bridgehead atoms. The highest BCUT2D eigenvalue weighted by molar-refractivity contribution is 5.60. The van der Waals surface area contributed by atoms with Crippen LogP contribution in [0, 0.1) is 0 Å². The van der Waals surface area contributed by atoms with Crippen LogP contribution in [-0.2, 0) is 12.8 Å². The molecule has 0 saturated heterocycles. The zero-order chi connectivity index (χ0) is 21.7. The van der Waals surface area contributed by atoms with E-state index in [-0.39, 0.29) is 0 Å². The number of hydrogen-bond acceptors (Lipinski definition) is 2. The summed E-state index contributed by atoms with van der Waals surface area (Å²) < 4.78 is 0. The Morgan fingerprint density at radius 1 is 0.621 bits per heavy atom. The van der Waals surface area contributed by atoms with Gasteiger partial charge in [-0.25, -0.2) is 0 Å². The van der Waals surface area contributed by atoms with Crippen molar-refractivity contribution in [3.63, 3.8) is 0 Å². The summed E-state index contributed by atoms with van der Waals surface area (Å²) in [5, 5.41) is 0. The molecule has 0 fully saturated rings. The Balaban J connectivity index is 2.55. The summed E-state index contributed by atoms with van der Waals surface area (Å²) in [5.41, 5.74) is 23.1. The van der Waals surface area contributed by atoms with Crippen LogP contribution >= 0.6 is 0 Å². The Labute approximate surface area is 179 Å². The smallest absolute Gasteiger partial charge is 0.0384 e. The second kappa shape index (κ2) is 10.2. The van der Waals surface area contributed by atoms with Gasteiger partial charge in [0.15, 0.2) is 0 Å². The number of nitrogen functional groups attached to an aromatic ring is 2. The van der Waals surface area contributed by atoms with Gasteiger partial charge in [0.1, 0.15) is 0 Å². The van der Waals surface area contributed by atoms with Gasteiger partial charge in [0.25, 0.3) is 0 Å². The van der Waals surface area contributed by atoms with E-state index in [0.29, 0.717) is 17.8 Å². The van der Waals surface area contributed by atoms with Crippen LogP contribution in [0.5, 0.6) is 0 Å². The molecule has 0 radical (unpaired) electrons. The van der Waals surface area contributed by atoms with Crippen molar-refractivity contribution in [3.8, 4) is 0 Å². The predicted octanol–water partition coefficient (Wildman–Crippen LogP) is 7.54. The van der Waals surface area contributed by atoms with Crippen LogP contribution in [0.2, 0.25) is 0 Å². The lowest BCUT2D eigenvalue weighted by atomic mass is 9.85. The van der Waals surface area contributed by atoms with E-state index in [4.69, 9.17) is 11.5 Å². The van der Waals surface area contributed by atoms with Crippen molar-refractivity contribution in [2.75, 3.05) is 11.5 Å². The monoisotopic (exact) mass is 394 g/mol. The summed E-state index contributed by atoms with van der Waals surface area (Å²) in [7, 11) is 0. The first kappa shape index (κ1) is 23.3. The van der Waals surface area contributed by atoms with Crippen molar-refractivity contribution in [2.24, 2.45) is 0 Å².